The molecule has 2 aromatic carbocycles. The minimum atomic E-state index is 0.194. The van der Waals surface area contributed by atoms with Crippen molar-refractivity contribution < 1.29 is 9.53 Å². The maximum Gasteiger partial charge on any atom is 0.227 e. The number of carbonyl (C=O) groups excluding carboxylic acids is 1. The largest absolute Gasteiger partial charge is 0.371 e. The molecule has 3 nitrogen and oxygen atoms in total. The number of rotatable bonds is 8. The summed E-state index contributed by atoms with van der Waals surface area (Å²) in [7, 11) is 0. The molecule has 0 spiro atoms. The van der Waals surface area contributed by atoms with Crippen molar-refractivity contribution in [1.29, 1.82) is 0 Å². The van der Waals surface area contributed by atoms with Gasteiger partial charge in [-0.1, -0.05) is 60.7 Å². The number of nitrogens with zero attached hydrogens (tertiary/aromatic N) is 1. The highest BCUT2D eigenvalue weighted by atomic mass is 16.6. The molecule has 1 aliphatic heterocycles. The summed E-state index contributed by atoms with van der Waals surface area (Å²) in [5, 5.41) is 0. The number of amides is 1. The highest BCUT2D eigenvalue weighted by Crippen LogP contribution is 2.14. The van der Waals surface area contributed by atoms with Gasteiger partial charge < -0.3 is 9.64 Å². The summed E-state index contributed by atoms with van der Waals surface area (Å²) in [6.07, 6.45) is 2.70. The van der Waals surface area contributed by atoms with Gasteiger partial charge in [-0.05, 0) is 24.0 Å². The Balaban J connectivity index is 1.53. The molecule has 120 valence electrons. The van der Waals surface area contributed by atoms with Crippen LogP contribution in [0.5, 0.6) is 0 Å². The first-order chi connectivity index (χ1) is 11.3. The number of ether oxygens (including phenoxy) is 1. The molecule has 1 aliphatic rings. The summed E-state index contributed by atoms with van der Waals surface area (Å²) in [6.45, 7) is 2.30. The van der Waals surface area contributed by atoms with E-state index in [2.05, 4.69) is 24.3 Å². The fourth-order valence-corrected chi connectivity index (χ4v) is 2.74. The predicted octanol–water partition coefficient (Wildman–Crippen LogP) is 3.09. The molecule has 0 N–H and O–H groups in total. The van der Waals surface area contributed by atoms with Gasteiger partial charge in [-0.25, -0.2) is 0 Å². The van der Waals surface area contributed by atoms with Gasteiger partial charge in [0.15, 0.2) is 0 Å². The van der Waals surface area contributed by atoms with Crippen LogP contribution in [0.25, 0.3) is 0 Å². The second kappa shape index (κ2) is 7.93. The van der Waals surface area contributed by atoms with E-state index >= 15 is 0 Å². The Labute approximate surface area is 137 Å². The maximum absolute atomic E-state index is 12.6. The van der Waals surface area contributed by atoms with Crippen LogP contribution in [0.3, 0.4) is 0 Å². The van der Waals surface area contributed by atoms with E-state index in [-0.39, 0.29) is 12.0 Å². The zero-order valence-electron chi connectivity index (χ0n) is 13.4. The lowest BCUT2D eigenvalue weighted by molar-refractivity contribution is -0.130. The third kappa shape index (κ3) is 5.22. The minimum absolute atomic E-state index is 0.194. The van der Waals surface area contributed by atoms with Gasteiger partial charge in [-0.2, -0.15) is 0 Å². The van der Waals surface area contributed by atoms with E-state index in [0.29, 0.717) is 6.42 Å². The zero-order chi connectivity index (χ0) is 15.9. The molecule has 0 saturated carbocycles. The van der Waals surface area contributed by atoms with Gasteiger partial charge in [0, 0.05) is 13.1 Å². The van der Waals surface area contributed by atoms with E-state index in [1.165, 1.54) is 5.56 Å². The SMILES string of the molecule is O=C(Cc1ccccc1)N(CCCc1ccccc1)CC1CO1. The molecule has 1 heterocycles. The van der Waals surface area contributed by atoms with E-state index < -0.39 is 0 Å². The highest BCUT2D eigenvalue weighted by Gasteiger charge is 2.27. The van der Waals surface area contributed by atoms with Gasteiger partial charge in [0.25, 0.3) is 0 Å². The Morgan fingerprint density at radius 1 is 1.00 bits per heavy atom. The smallest absolute Gasteiger partial charge is 0.227 e. The Hall–Kier alpha value is -2.13. The number of hydrogen-bond donors (Lipinski definition) is 0. The summed E-state index contributed by atoms with van der Waals surface area (Å²) in [5.74, 6) is 0.194. The number of epoxide rings is 1. The van der Waals surface area contributed by atoms with Crippen molar-refractivity contribution >= 4 is 5.91 Å². The second-order valence-electron chi connectivity index (χ2n) is 6.05. The monoisotopic (exact) mass is 309 g/mol. The standard InChI is InChI=1S/C20H23NO2/c22-20(14-18-10-5-2-6-11-18)21(15-19-16-23-19)13-7-12-17-8-3-1-4-9-17/h1-6,8-11,19H,7,12-16H2. The second-order valence-corrected chi connectivity index (χ2v) is 6.05. The van der Waals surface area contributed by atoms with Crippen molar-refractivity contribution in [2.75, 3.05) is 19.7 Å². The average Bonchev–Trinajstić information content (AvgIpc) is 3.40. The molecule has 1 fully saturated rings. The lowest BCUT2D eigenvalue weighted by Crippen LogP contribution is -2.36. The van der Waals surface area contributed by atoms with Gasteiger partial charge in [0.05, 0.1) is 19.1 Å². The summed E-state index contributed by atoms with van der Waals surface area (Å²) in [6, 6.07) is 20.4. The third-order valence-corrected chi connectivity index (χ3v) is 4.11. The fourth-order valence-electron chi connectivity index (χ4n) is 2.74. The van der Waals surface area contributed by atoms with Crippen LogP contribution >= 0.6 is 0 Å². The molecule has 0 bridgehead atoms. The van der Waals surface area contributed by atoms with Crippen LogP contribution in [0.15, 0.2) is 60.7 Å². The van der Waals surface area contributed by atoms with Crippen molar-refractivity contribution in [2.45, 2.75) is 25.4 Å². The number of carbonyl (C=O) groups is 1. The zero-order valence-corrected chi connectivity index (χ0v) is 13.4. The summed E-state index contributed by atoms with van der Waals surface area (Å²) >= 11 is 0. The van der Waals surface area contributed by atoms with Crippen molar-refractivity contribution in [3.63, 3.8) is 0 Å². The maximum atomic E-state index is 12.6. The van der Waals surface area contributed by atoms with E-state index in [1.807, 2.05) is 41.3 Å². The first-order valence-electron chi connectivity index (χ1n) is 8.28. The lowest BCUT2D eigenvalue weighted by Gasteiger charge is -2.22. The molecule has 1 unspecified atom stereocenters. The fraction of sp³-hybridized carbons (Fsp3) is 0.350. The topological polar surface area (TPSA) is 32.8 Å². The van der Waals surface area contributed by atoms with E-state index in [4.69, 9.17) is 4.74 Å². The minimum Gasteiger partial charge on any atom is -0.371 e. The van der Waals surface area contributed by atoms with Crippen LogP contribution in [0.4, 0.5) is 0 Å². The number of aryl methyl sites for hydroxylation is 1. The molecule has 1 amide bonds. The van der Waals surface area contributed by atoms with Gasteiger partial charge >= 0.3 is 0 Å². The van der Waals surface area contributed by atoms with Crippen molar-refractivity contribution in [3.8, 4) is 0 Å². The van der Waals surface area contributed by atoms with Crippen LogP contribution < -0.4 is 0 Å². The van der Waals surface area contributed by atoms with Crippen LogP contribution in [-0.4, -0.2) is 36.6 Å². The number of benzene rings is 2. The van der Waals surface area contributed by atoms with Gasteiger partial charge in [0.2, 0.25) is 5.91 Å². The first kappa shape index (κ1) is 15.8. The molecule has 1 saturated heterocycles. The molecular formula is C20H23NO2. The quantitative estimate of drug-likeness (QED) is 0.702. The Morgan fingerprint density at radius 2 is 1.61 bits per heavy atom. The van der Waals surface area contributed by atoms with Crippen LogP contribution in [-0.2, 0) is 22.4 Å². The van der Waals surface area contributed by atoms with Crippen LogP contribution in [0, 0.1) is 0 Å². The van der Waals surface area contributed by atoms with Crippen LogP contribution in [0.1, 0.15) is 17.5 Å². The van der Waals surface area contributed by atoms with E-state index in [9.17, 15) is 4.79 Å². The molecule has 0 aromatic heterocycles. The average molecular weight is 309 g/mol. The molecule has 2 aromatic rings. The van der Waals surface area contributed by atoms with E-state index in [1.54, 1.807) is 0 Å². The molecule has 3 heteroatoms. The van der Waals surface area contributed by atoms with Crippen molar-refractivity contribution in [2.24, 2.45) is 0 Å². The highest BCUT2D eigenvalue weighted by molar-refractivity contribution is 5.78. The number of hydrogen-bond acceptors (Lipinski definition) is 2. The molecule has 1 atom stereocenters. The first-order valence-corrected chi connectivity index (χ1v) is 8.28. The Morgan fingerprint density at radius 3 is 2.22 bits per heavy atom. The molecule has 0 aliphatic carbocycles. The van der Waals surface area contributed by atoms with Crippen LogP contribution in [0.2, 0.25) is 0 Å². The van der Waals surface area contributed by atoms with Crippen molar-refractivity contribution in [1.82, 2.24) is 4.90 Å². The van der Waals surface area contributed by atoms with E-state index in [0.717, 1.165) is 38.1 Å². The summed E-state index contributed by atoms with van der Waals surface area (Å²) in [4.78, 5) is 14.6. The molecule has 0 radical (unpaired) electrons. The molecule has 3 rings (SSSR count). The molecular weight excluding hydrogens is 286 g/mol. The summed E-state index contributed by atoms with van der Waals surface area (Å²) in [5.41, 5.74) is 2.40. The molecule has 23 heavy (non-hydrogen) atoms. The van der Waals surface area contributed by atoms with Gasteiger partial charge in [-0.3, -0.25) is 4.79 Å². The Bertz CT molecular complexity index is 608. The normalized spacial score (nSPS) is 16.1. The predicted molar refractivity (Wildman–Crippen MR) is 91.2 cm³/mol. The van der Waals surface area contributed by atoms with Gasteiger partial charge in [0.1, 0.15) is 0 Å². The van der Waals surface area contributed by atoms with Crippen molar-refractivity contribution in [3.05, 3.63) is 71.8 Å². The lowest BCUT2D eigenvalue weighted by atomic mass is 10.1. The summed E-state index contributed by atoms with van der Waals surface area (Å²) < 4.78 is 5.31. The Kier molecular flexibility index (Phi) is 5.43. The van der Waals surface area contributed by atoms with Gasteiger partial charge in [-0.15, -0.1) is 0 Å². The third-order valence-electron chi connectivity index (χ3n) is 4.11.